The Kier molecular flexibility index (Phi) is 4.23. The lowest BCUT2D eigenvalue weighted by Gasteiger charge is -2.05. The normalized spacial score (nSPS) is 12.9. The van der Waals surface area contributed by atoms with Gasteiger partial charge in [0.15, 0.2) is 0 Å². The van der Waals surface area contributed by atoms with Gasteiger partial charge in [0.1, 0.15) is 0 Å². The number of aliphatic hydroxyl groups excluding tert-OH is 1. The third-order valence-electron chi connectivity index (χ3n) is 1.77. The maximum Gasteiger partial charge on any atom is 0.0515 e. The highest BCUT2D eigenvalue weighted by Crippen LogP contribution is 2.20. The van der Waals surface area contributed by atoms with E-state index in [4.69, 9.17) is 16.7 Å². The van der Waals surface area contributed by atoms with Crippen molar-refractivity contribution in [3.8, 4) is 0 Å². The Morgan fingerprint density at radius 1 is 1.46 bits per heavy atom. The summed E-state index contributed by atoms with van der Waals surface area (Å²) in [7, 11) is 0. The molecule has 13 heavy (non-hydrogen) atoms. The highest BCUT2D eigenvalue weighted by atomic mass is 79.9. The van der Waals surface area contributed by atoms with E-state index >= 15 is 0 Å². The minimum Gasteiger partial charge on any atom is -0.393 e. The SMILES string of the molecule is C[C@@H](O)CCc1cc(Cl)cc(Br)c1. The van der Waals surface area contributed by atoms with Crippen LogP contribution in [0.25, 0.3) is 0 Å². The van der Waals surface area contributed by atoms with Gasteiger partial charge in [0.2, 0.25) is 0 Å². The molecule has 0 saturated heterocycles. The highest BCUT2D eigenvalue weighted by molar-refractivity contribution is 9.10. The van der Waals surface area contributed by atoms with Gasteiger partial charge in [0, 0.05) is 9.50 Å². The van der Waals surface area contributed by atoms with Crippen molar-refractivity contribution in [2.75, 3.05) is 0 Å². The zero-order chi connectivity index (χ0) is 9.84. The Balaban J connectivity index is 2.66. The lowest BCUT2D eigenvalue weighted by Crippen LogP contribution is -2.01. The number of aliphatic hydroxyl groups is 1. The van der Waals surface area contributed by atoms with Crippen LogP contribution >= 0.6 is 27.5 Å². The van der Waals surface area contributed by atoms with E-state index in [0.717, 1.165) is 27.9 Å². The van der Waals surface area contributed by atoms with Crippen molar-refractivity contribution in [3.63, 3.8) is 0 Å². The summed E-state index contributed by atoms with van der Waals surface area (Å²) >= 11 is 9.25. The number of aryl methyl sites for hydroxylation is 1. The second-order valence-corrected chi connectivity index (χ2v) is 4.52. The number of halogens is 2. The fourth-order valence-electron chi connectivity index (χ4n) is 1.13. The molecular formula is C10H12BrClO. The summed E-state index contributed by atoms with van der Waals surface area (Å²) in [5.41, 5.74) is 1.15. The monoisotopic (exact) mass is 262 g/mol. The Labute approximate surface area is 91.9 Å². The Hall–Kier alpha value is -0.0500. The lowest BCUT2D eigenvalue weighted by molar-refractivity contribution is 0.185. The molecule has 0 amide bonds. The Bertz CT molecular complexity index is 266. The Morgan fingerprint density at radius 2 is 2.15 bits per heavy atom. The van der Waals surface area contributed by atoms with E-state index in [1.165, 1.54) is 0 Å². The van der Waals surface area contributed by atoms with E-state index in [-0.39, 0.29) is 6.10 Å². The quantitative estimate of drug-likeness (QED) is 0.886. The molecule has 0 fully saturated rings. The fourth-order valence-corrected chi connectivity index (χ4v) is 2.06. The molecule has 1 nitrogen and oxygen atoms in total. The van der Waals surface area contributed by atoms with Crippen molar-refractivity contribution < 1.29 is 5.11 Å². The predicted octanol–water partition coefficient (Wildman–Crippen LogP) is 3.42. The van der Waals surface area contributed by atoms with Gasteiger partial charge in [-0.05, 0) is 43.5 Å². The number of rotatable bonds is 3. The first kappa shape index (κ1) is 11.0. The molecule has 1 aromatic rings. The van der Waals surface area contributed by atoms with Gasteiger partial charge >= 0.3 is 0 Å². The first-order valence-corrected chi connectivity index (χ1v) is 5.38. The van der Waals surface area contributed by atoms with Gasteiger partial charge in [-0.3, -0.25) is 0 Å². The first-order valence-electron chi connectivity index (χ1n) is 4.21. The molecule has 1 atom stereocenters. The Morgan fingerprint density at radius 3 is 2.69 bits per heavy atom. The van der Waals surface area contributed by atoms with Crippen LogP contribution in [0.15, 0.2) is 22.7 Å². The maximum absolute atomic E-state index is 9.11. The van der Waals surface area contributed by atoms with Gasteiger partial charge in [-0.25, -0.2) is 0 Å². The molecule has 72 valence electrons. The summed E-state index contributed by atoms with van der Waals surface area (Å²) in [4.78, 5) is 0. The van der Waals surface area contributed by atoms with Crippen LogP contribution in [0.5, 0.6) is 0 Å². The second-order valence-electron chi connectivity index (χ2n) is 3.17. The molecule has 0 spiro atoms. The zero-order valence-corrected chi connectivity index (χ0v) is 9.77. The van der Waals surface area contributed by atoms with Crippen molar-refractivity contribution in [2.24, 2.45) is 0 Å². The van der Waals surface area contributed by atoms with E-state index in [9.17, 15) is 0 Å². The van der Waals surface area contributed by atoms with E-state index < -0.39 is 0 Å². The van der Waals surface area contributed by atoms with Gasteiger partial charge in [0.05, 0.1) is 6.10 Å². The molecule has 0 heterocycles. The van der Waals surface area contributed by atoms with Crippen molar-refractivity contribution in [1.82, 2.24) is 0 Å². The highest BCUT2D eigenvalue weighted by Gasteiger charge is 2.00. The van der Waals surface area contributed by atoms with Gasteiger partial charge in [-0.2, -0.15) is 0 Å². The van der Waals surface area contributed by atoms with E-state index in [1.807, 2.05) is 18.2 Å². The molecule has 0 aromatic heterocycles. The van der Waals surface area contributed by atoms with Crippen LogP contribution in [-0.2, 0) is 6.42 Å². The second kappa shape index (κ2) is 4.99. The fraction of sp³-hybridized carbons (Fsp3) is 0.400. The summed E-state index contributed by atoms with van der Waals surface area (Å²) in [5.74, 6) is 0. The predicted molar refractivity (Wildman–Crippen MR) is 59.2 cm³/mol. The van der Waals surface area contributed by atoms with Crippen molar-refractivity contribution >= 4 is 27.5 Å². The largest absolute Gasteiger partial charge is 0.393 e. The molecule has 0 aliphatic rings. The van der Waals surface area contributed by atoms with Crippen LogP contribution < -0.4 is 0 Å². The maximum atomic E-state index is 9.11. The van der Waals surface area contributed by atoms with Crippen LogP contribution in [-0.4, -0.2) is 11.2 Å². The van der Waals surface area contributed by atoms with E-state index in [0.29, 0.717) is 0 Å². The first-order chi connectivity index (χ1) is 6.08. The minimum absolute atomic E-state index is 0.252. The molecule has 0 unspecified atom stereocenters. The minimum atomic E-state index is -0.252. The van der Waals surface area contributed by atoms with E-state index in [2.05, 4.69) is 15.9 Å². The van der Waals surface area contributed by atoms with Gasteiger partial charge < -0.3 is 5.11 Å². The van der Waals surface area contributed by atoms with Gasteiger partial charge in [-0.1, -0.05) is 27.5 Å². The molecule has 0 aliphatic carbocycles. The summed E-state index contributed by atoms with van der Waals surface area (Å²) in [6.45, 7) is 1.79. The molecule has 0 saturated carbocycles. The zero-order valence-electron chi connectivity index (χ0n) is 7.43. The molecule has 0 aliphatic heterocycles. The van der Waals surface area contributed by atoms with Crippen molar-refractivity contribution in [2.45, 2.75) is 25.9 Å². The number of hydrogen-bond acceptors (Lipinski definition) is 1. The topological polar surface area (TPSA) is 20.2 Å². The lowest BCUT2D eigenvalue weighted by atomic mass is 10.1. The molecule has 0 radical (unpaired) electrons. The number of benzene rings is 1. The summed E-state index contributed by atoms with van der Waals surface area (Å²) in [6.07, 6.45) is 1.38. The molecular weight excluding hydrogens is 251 g/mol. The average Bonchev–Trinajstić information content (AvgIpc) is 1.99. The van der Waals surface area contributed by atoms with Crippen LogP contribution in [0.3, 0.4) is 0 Å². The van der Waals surface area contributed by atoms with Crippen LogP contribution in [0, 0.1) is 0 Å². The van der Waals surface area contributed by atoms with Crippen LogP contribution in [0.1, 0.15) is 18.9 Å². The van der Waals surface area contributed by atoms with Gasteiger partial charge in [0.25, 0.3) is 0 Å². The molecule has 1 N–H and O–H groups in total. The molecule has 0 bridgehead atoms. The van der Waals surface area contributed by atoms with E-state index in [1.54, 1.807) is 6.92 Å². The molecule has 3 heteroatoms. The average molecular weight is 264 g/mol. The smallest absolute Gasteiger partial charge is 0.0515 e. The summed E-state index contributed by atoms with van der Waals surface area (Å²) in [5, 5.41) is 9.84. The van der Waals surface area contributed by atoms with Crippen LogP contribution in [0.4, 0.5) is 0 Å². The van der Waals surface area contributed by atoms with Crippen molar-refractivity contribution in [1.29, 1.82) is 0 Å². The summed E-state index contributed by atoms with van der Waals surface area (Å²) in [6, 6.07) is 5.80. The molecule has 1 rings (SSSR count). The van der Waals surface area contributed by atoms with Gasteiger partial charge in [-0.15, -0.1) is 0 Å². The number of hydrogen-bond donors (Lipinski definition) is 1. The molecule has 1 aromatic carbocycles. The third-order valence-corrected chi connectivity index (χ3v) is 2.45. The van der Waals surface area contributed by atoms with Crippen LogP contribution in [0.2, 0.25) is 5.02 Å². The standard InChI is InChI=1S/C10H12BrClO/c1-7(13)2-3-8-4-9(11)6-10(12)5-8/h4-7,13H,2-3H2,1H3/t7-/m1/s1. The third kappa shape index (κ3) is 4.12. The van der Waals surface area contributed by atoms with Crippen molar-refractivity contribution in [3.05, 3.63) is 33.3 Å². The summed E-state index contributed by atoms with van der Waals surface area (Å²) < 4.78 is 0.987.